The van der Waals surface area contributed by atoms with Crippen molar-refractivity contribution in [1.29, 1.82) is 0 Å². The summed E-state index contributed by atoms with van der Waals surface area (Å²) in [6.07, 6.45) is 8.64. The summed E-state index contributed by atoms with van der Waals surface area (Å²) in [6.45, 7) is 7.89. The lowest BCUT2D eigenvalue weighted by Gasteiger charge is -2.24. The van der Waals surface area contributed by atoms with Gasteiger partial charge in [0.15, 0.2) is 0 Å². The first-order valence-corrected chi connectivity index (χ1v) is 6.50. The van der Waals surface area contributed by atoms with Crippen LogP contribution in [0.3, 0.4) is 0 Å². The molecule has 0 bridgehead atoms. The van der Waals surface area contributed by atoms with Gasteiger partial charge in [0, 0.05) is 19.1 Å². The topological polar surface area (TPSA) is 49.4 Å². The largest absolute Gasteiger partial charge is 0.345 e. The lowest BCUT2D eigenvalue weighted by molar-refractivity contribution is -0.145. The number of hydrogen-bond donors (Lipinski definition) is 1. The Kier molecular flexibility index (Phi) is 6.19. The summed E-state index contributed by atoms with van der Waals surface area (Å²) in [5.41, 5.74) is 0. The quantitative estimate of drug-likeness (QED) is 0.595. The van der Waals surface area contributed by atoms with Crippen LogP contribution >= 0.6 is 0 Å². The van der Waals surface area contributed by atoms with Crippen molar-refractivity contribution < 1.29 is 9.59 Å². The van der Waals surface area contributed by atoms with Gasteiger partial charge in [-0.05, 0) is 12.8 Å². The van der Waals surface area contributed by atoms with Crippen LogP contribution in [0.1, 0.15) is 32.1 Å². The van der Waals surface area contributed by atoms with Crippen LogP contribution in [-0.4, -0.2) is 35.8 Å². The third-order valence-corrected chi connectivity index (χ3v) is 3.12. The molecule has 1 aliphatic rings. The Labute approximate surface area is 109 Å². The van der Waals surface area contributed by atoms with Gasteiger partial charge in [0.05, 0.1) is 0 Å². The van der Waals surface area contributed by atoms with Crippen LogP contribution < -0.4 is 5.32 Å². The number of nitrogens with zero attached hydrogens (tertiary/aromatic N) is 1. The average molecular weight is 250 g/mol. The number of nitrogens with one attached hydrogen (secondary N) is 1. The Balaban J connectivity index is 2.49. The molecular weight excluding hydrogens is 228 g/mol. The average Bonchev–Trinajstić information content (AvgIpc) is 2.39. The van der Waals surface area contributed by atoms with Crippen molar-refractivity contribution in [1.82, 2.24) is 10.2 Å². The molecule has 1 aliphatic carbocycles. The highest BCUT2D eigenvalue weighted by Gasteiger charge is 2.23. The van der Waals surface area contributed by atoms with Crippen LogP contribution in [0.25, 0.3) is 0 Å². The Morgan fingerprint density at radius 3 is 2.17 bits per heavy atom. The predicted octanol–water partition coefficient (Wildman–Crippen LogP) is 1.64. The number of carbonyl (C=O) groups is 2. The van der Waals surface area contributed by atoms with Gasteiger partial charge in [-0.3, -0.25) is 9.59 Å². The van der Waals surface area contributed by atoms with Crippen LogP contribution in [0, 0.1) is 0 Å². The number of amides is 2. The van der Waals surface area contributed by atoms with E-state index in [4.69, 9.17) is 0 Å². The zero-order chi connectivity index (χ0) is 13.4. The third kappa shape index (κ3) is 4.35. The molecule has 0 radical (unpaired) electrons. The maximum absolute atomic E-state index is 11.9. The highest BCUT2D eigenvalue weighted by atomic mass is 16.2. The molecule has 0 aromatic carbocycles. The standard InChI is InChI=1S/C14H22N2O2/c1-3-10-16(11-4-2)14(18)13(17)15-12-8-6-5-7-9-12/h3-4,12H,1-2,5-11H2,(H,15,17). The van der Waals surface area contributed by atoms with E-state index in [2.05, 4.69) is 18.5 Å². The minimum atomic E-state index is -0.509. The van der Waals surface area contributed by atoms with Gasteiger partial charge in [0.25, 0.3) is 0 Å². The Bertz CT molecular complexity index is 310. The summed E-state index contributed by atoms with van der Waals surface area (Å²) in [6, 6.07) is 0.157. The van der Waals surface area contributed by atoms with Crippen LogP contribution in [-0.2, 0) is 9.59 Å². The van der Waals surface area contributed by atoms with Gasteiger partial charge in [-0.25, -0.2) is 0 Å². The second-order valence-corrected chi connectivity index (χ2v) is 4.60. The second kappa shape index (κ2) is 7.69. The van der Waals surface area contributed by atoms with Crippen molar-refractivity contribution in [3.8, 4) is 0 Å². The molecule has 0 heterocycles. The highest BCUT2D eigenvalue weighted by molar-refractivity contribution is 6.35. The van der Waals surface area contributed by atoms with Gasteiger partial charge < -0.3 is 10.2 Å². The van der Waals surface area contributed by atoms with E-state index in [1.807, 2.05) is 0 Å². The fourth-order valence-corrected chi connectivity index (χ4v) is 2.19. The van der Waals surface area contributed by atoms with Gasteiger partial charge in [-0.2, -0.15) is 0 Å². The normalized spacial score (nSPS) is 15.8. The van der Waals surface area contributed by atoms with Gasteiger partial charge in [-0.1, -0.05) is 31.4 Å². The molecule has 1 fully saturated rings. The first-order chi connectivity index (χ1) is 8.69. The van der Waals surface area contributed by atoms with Crippen LogP contribution in [0.2, 0.25) is 0 Å². The second-order valence-electron chi connectivity index (χ2n) is 4.60. The summed E-state index contributed by atoms with van der Waals surface area (Å²) in [7, 11) is 0. The van der Waals surface area contributed by atoms with E-state index in [0.29, 0.717) is 13.1 Å². The van der Waals surface area contributed by atoms with Crippen molar-refractivity contribution in [3.05, 3.63) is 25.3 Å². The SMILES string of the molecule is C=CCN(CC=C)C(=O)C(=O)NC1CCCCC1. The van der Waals surface area contributed by atoms with E-state index < -0.39 is 11.8 Å². The fraction of sp³-hybridized carbons (Fsp3) is 0.571. The smallest absolute Gasteiger partial charge is 0.312 e. The molecule has 1 rings (SSSR count). The molecule has 0 atom stereocenters. The van der Waals surface area contributed by atoms with E-state index in [1.54, 1.807) is 12.2 Å². The van der Waals surface area contributed by atoms with Gasteiger partial charge in [0.1, 0.15) is 0 Å². The molecule has 1 saturated carbocycles. The fourth-order valence-electron chi connectivity index (χ4n) is 2.19. The lowest BCUT2D eigenvalue weighted by atomic mass is 9.95. The zero-order valence-electron chi connectivity index (χ0n) is 10.9. The first-order valence-electron chi connectivity index (χ1n) is 6.50. The molecule has 0 unspecified atom stereocenters. The molecule has 4 nitrogen and oxygen atoms in total. The number of hydrogen-bond acceptors (Lipinski definition) is 2. The third-order valence-electron chi connectivity index (χ3n) is 3.12. The van der Waals surface area contributed by atoms with Crippen molar-refractivity contribution in [2.75, 3.05) is 13.1 Å². The van der Waals surface area contributed by atoms with E-state index in [1.165, 1.54) is 11.3 Å². The van der Waals surface area contributed by atoms with E-state index in [0.717, 1.165) is 25.7 Å². The Hall–Kier alpha value is -1.58. The minimum Gasteiger partial charge on any atom is -0.345 e. The summed E-state index contributed by atoms with van der Waals surface area (Å²) in [4.78, 5) is 25.2. The minimum absolute atomic E-state index is 0.157. The summed E-state index contributed by atoms with van der Waals surface area (Å²) in [5, 5.41) is 2.82. The van der Waals surface area contributed by atoms with Crippen LogP contribution in [0.15, 0.2) is 25.3 Å². The van der Waals surface area contributed by atoms with Gasteiger partial charge >= 0.3 is 11.8 Å². The molecule has 18 heavy (non-hydrogen) atoms. The Morgan fingerprint density at radius 1 is 1.11 bits per heavy atom. The molecule has 0 aromatic heterocycles. The first kappa shape index (κ1) is 14.5. The summed E-state index contributed by atoms with van der Waals surface area (Å²) in [5.74, 6) is -1.01. The zero-order valence-corrected chi connectivity index (χ0v) is 10.9. The van der Waals surface area contributed by atoms with E-state index in [-0.39, 0.29) is 6.04 Å². The maximum atomic E-state index is 11.9. The van der Waals surface area contributed by atoms with Crippen LogP contribution in [0.5, 0.6) is 0 Å². The van der Waals surface area contributed by atoms with Crippen LogP contribution in [0.4, 0.5) is 0 Å². The van der Waals surface area contributed by atoms with E-state index in [9.17, 15) is 9.59 Å². The van der Waals surface area contributed by atoms with Crippen molar-refractivity contribution in [2.45, 2.75) is 38.1 Å². The lowest BCUT2D eigenvalue weighted by Crippen LogP contribution is -2.47. The van der Waals surface area contributed by atoms with E-state index >= 15 is 0 Å². The summed E-state index contributed by atoms with van der Waals surface area (Å²) < 4.78 is 0. The summed E-state index contributed by atoms with van der Waals surface area (Å²) >= 11 is 0. The predicted molar refractivity (Wildman–Crippen MR) is 72.0 cm³/mol. The number of rotatable bonds is 5. The van der Waals surface area contributed by atoms with Crippen molar-refractivity contribution in [3.63, 3.8) is 0 Å². The van der Waals surface area contributed by atoms with Crippen molar-refractivity contribution >= 4 is 11.8 Å². The molecule has 0 saturated heterocycles. The Morgan fingerprint density at radius 2 is 1.67 bits per heavy atom. The molecule has 2 amide bonds. The highest BCUT2D eigenvalue weighted by Crippen LogP contribution is 2.17. The maximum Gasteiger partial charge on any atom is 0.312 e. The molecule has 0 aromatic rings. The molecular formula is C14H22N2O2. The van der Waals surface area contributed by atoms with Crippen molar-refractivity contribution in [2.24, 2.45) is 0 Å². The van der Waals surface area contributed by atoms with Gasteiger partial charge in [-0.15, -0.1) is 13.2 Å². The molecule has 0 spiro atoms. The number of carbonyl (C=O) groups excluding carboxylic acids is 2. The molecule has 100 valence electrons. The molecule has 0 aliphatic heterocycles. The molecule has 1 N–H and O–H groups in total. The molecule has 4 heteroatoms. The van der Waals surface area contributed by atoms with Gasteiger partial charge in [0.2, 0.25) is 0 Å². The monoisotopic (exact) mass is 250 g/mol.